The maximum absolute atomic E-state index is 12.1. The fourth-order valence-electron chi connectivity index (χ4n) is 2.84. The highest BCUT2D eigenvalue weighted by molar-refractivity contribution is 5.91. The minimum absolute atomic E-state index is 0.143. The Labute approximate surface area is 122 Å². The van der Waals surface area contributed by atoms with E-state index in [1.807, 2.05) is 18.2 Å². The first-order valence-corrected chi connectivity index (χ1v) is 8.13. The zero-order valence-corrected chi connectivity index (χ0v) is 12.4. The molecule has 0 amide bonds. The van der Waals surface area contributed by atoms with Crippen molar-refractivity contribution in [3.8, 4) is 0 Å². The number of carbonyl (C=O) groups excluding carboxylic acids is 1. The number of esters is 1. The van der Waals surface area contributed by atoms with Crippen LogP contribution in [0.5, 0.6) is 0 Å². The number of aryl methyl sites for hydroxylation is 1. The molecule has 1 heterocycles. The van der Waals surface area contributed by atoms with Gasteiger partial charge in [0, 0.05) is 0 Å². The summed E-state index contributed by atoms with van der Waals surface area (Å²) >= 11 is 0. The second-order valence-corrected chi connectivity index (χ2v) is 5.73. The summed E-state index contributed by atoms with van der Waals surface area (Å²) < 4.78 is 5.41. The van der Waals surface area contributed by atoms with E-state index >= 15 is 0 Å². The van der Waals surface area contributed by atoms with Crippen LogP contribution in [0.15, 0.2) is 24.3 Å². The minimum atomic E-state index is -0.143. The van der Waals surface area contributed by atoms with Crippen molar-refractivity contribution in [2.45, 2.75) is 64.2 Å². The topological polar surface area (TPSA) is 26.3 Å². The van der Waals surface area contributed by atoms with Crippen LogP contribution in [0.4, 0.5) is 0 Å². The summed E-state index contributed by atoms with van der Waals surface area (Å²) in [6.07, 6.45) is 12.2. The minimum Gasteiger partial charge on any atom is -0.462 e. The Morgan fingerprint density at radius 1 is 0.750 bits per heavy atom. The summed E-state index contributed by atoms with van der Waals surface area (Å²) in [4.78, 5) is 12.1. The van der Waals surface area contributed by atoms with E-state index in [0.29, 0.717) is 6.61 Å². The first-order valence-electron chi connectivity index (χ1n) is 8.13. The molecule has 20 heavy (non-hydrogen) atoms. The molecule has 0 unspecified atom stereocenters. The molecule has 0 N–H and O–H groups in total. The van der Waals surface area contributed by atoms with Crippen molar-refractivity contribution in [3.05, 3.63) is 35.4 Å². The molecule has 0 radical (unpaired) electrons. The standard InChI is InChI=1S/C18H26O2/c19-18-17-14-10-9-13-16(17)12-8-6-4-2-1-3-5-7-11-15-20-18/h9-10,13-14H,1-8,11-12,15H2. The summed E-state index contributed by atoms with van der Waals surface area (Å²) in [6.45, 7) is 0.563. The van der Waals surface area contributed by atoms with Crippen molar-refractivity contribution >= 4 is 5.97 Å². The largest absolute Gasteiger partial charge is 0.462 e. The fraction of sp³-hybridized carbons (Fsp3) is 0.611. The number of hydrogen-bond acceptors (Lipinski definition) is 2. The molecule has 0 saturated carbocycles. The highest BCUT2D eigenvalue weighted by Gasteiger charge is 2.12. The van der Waals surface area contributed by atoms with E-state index in [9.17, 15) is 4.79 Å². The van der Waals surface area contributed by atoms with Gasteiger partial charge >= 0.3 is 5.97 Å². The number of fused-ring (bicyclic) bond motifs is 1. The third-order valence-electron chi connectivity index (χ3n) is 4.06. The van der Waals surface area contributed by atoms with Crippen LogP contribution in [0.2, 0.25) is 0 Å². The van der Waals surface area contributed by atoms with E-state index in [1.54, 1.807) is 0 Å². The first kappa shape index (κ1) is 15.1. The van der Waals surface area contributed by atoms with Gasteiger partial charge in [-0.3, -0.25) is 0 Å². The fourth-order valence-corrected chi connectivity index (χ4v) is 2.84. The van der Waals surface area contributed by atoms with Crippen molar-refractivity contribution in [2.75, 3.05) is 6.61 Å². The Hall–Kier alpha value is -1.31. The summed E-state index contributed by atoms with van der Waals surface area (Å²) in [5.74, 6) is -0.143. The van der Waals surface area contributed by atoms with E-state index in [-0.39, 0.29) is 5.97 Å². The molecule has 1 aliphatic heterocycles. The zero-order valence-electron chi connectivity index (χ0n) is 12.4. The lowest BCUT2D eigenvalue weighted by molar-refractivity contribution is 0.0496. The van der Waals surface area contributed by atoms with Crippen LogP contribution in [0.1, 0.15) is 73.7 Å². The molecule has 0 atom stereocenters. The molecule has 0 saturated heterocycles. The van der Waals surface area contributed by atoms with Gasteiger partial charge in [-0.05, 0) is 30.9 Å². The monoisotopic (exact) mass is 274 g/mol. The van der Waals surface area contributed by atoms with Crippen LogP contribution in [-0.4, -0.2) is 12.6 Å². The summed E-state index contributed by atoms with van der Waals surface area (Å²) in [5, 5.41) is 0. The Morgan fingerprint density at radius 3 is 2.10 bits per heavy atom. The molecule has 2 heteroatoms. The predicted molar refractivity (Wildman–Crippen MR) is 82.0 cm³/mol. The van der Waals surface area contributed by atoms with Gasteiger partial charge in [-0.1, -0.05) is 63.1 Å². The van der Waals surface area contributed by atoms with Gasteiger partial charge in [0.1, 0.15) is 0 Å². The molecule has 1 aromatic rings. The number of cyclic esters (lactones) is 1. The van der Waals surface area contributed by atoms with E-state index in [2.05, 4.69) is 6.07 Å². The summed E-state index contributed by atoms with van der Waals surface area (Å²) in [6, 6.07) is 7.90. The molecule has 0 fully saturated rings. The number of benzene rings is 1. The number of carbonyl (C=O) groups is 1. The third kappa shape index (κ3) is 4.99. The van der Waals surface area contributed by atoms with Gasteiger partial charge in [0.05, 0.1) is 12.2 Å². The third-order valence-corrected chi connectivity index (χ3v) is 4.06. The Bertz CT molecular complexity index is 412. The van der Waals surface area contributed by atoms with E-state index in [1.165, 1.54) is 51.4 Å². The quantitative estimate of drug-likeness (QED) is 0.628. The first-order chi connectivity index (χ1) is 9.88. The van der Waals surface area contributed by atoms with Crippen molar-refractivity contribution in [1.29, 1.82) is 0 Å². The molecule has 0 spiro atoms. The lowest BCUT2D eigenvalue weighted by atomic mass is 10.0. The Balaban J connectivity index is 1.98. The van der Waals surface area contributed by atoms with Crippen LogP contribution in [-0.2, 0) is 11.2 Å². The molecular weight excluding hydrogens is 248 g/mol. The number of rotatable bonds is 0. The molecule has 0 aliphatic carbocycles. The SMILES string of the molecule is O=C1OCCCCCCCCCCCc2ccccc21. The second-order valence-electron chi connectivity index (χ2n) is 5.73. The van der Waals surface area contributed by atoms with Crippen molar-refractivity contribution in [3.63, 3.8) is 0 Å². The predicted octanol–water partition coefficient (Wildman–Crippen LogP) is 4.91. The maximum Gasteiger partial charge on any atom is 0.338 e. The normalized spacial score (nSPS) is 19.3. The highest BCUT2D eigenvalue weighted by atomic mass is 16.5. The van der Waals surface area contributed by atoms with Gasteiger partial charge in [0.2, 0.25) is 0 Å². The molecule has 1 aliphatic rings. The smallest absolute Gasteiger partial charge is 0.338 e. The van der Waals surface area contributed by atoms with E-state index in [4.69, 9.17) is 4.74 Å². The van der Waals surface area contributed by atoms with Crippen LogP contribution >= 0.6 is 0 Å². The average Bonchev–Trinajstić information content (AvgIpc) is 2.48. The van der Waals surface area contributed by atoms with Crippen LogP contribution in [0.25, 0.3) is 0 Å². The van der Waals surface area contributed by atoms with Crippen LogP contribution in [0.3, 0.4) is 0 Å². The molecular formula is C18H26O2. The van der Waals surface area contributed by atoms with E-state index < -0.39 is 0 Å². The Kier molecular flexibility index (Phi) is 6.62. The van der Waals surface area contributed by atoms with Crippen molar-refractivity contribution in [1.82, 2.24) is 0 Å². The number of hydrogen-bond donors (Lipinski definition) is 0. The van der Waals surface area contributed by atoms with Gasteiger partial charge in [-0.15, -0.1) is 0 Å². The van der Waals surface area contributed by atoms with Gasteiger partial charge < -0.3 is 4.74 Å². The molecule has 2 rings (SSSR count). The molecule has 1 aromatic carbocycles. The van der Waals surface area contributed by atoms with Crippen molar-refractivity contribution in [2.24, 2.45) is 0 Å². The van der Waals surface area contributed by atoms with Crippen LogP contribution in [0, 0.1) is 0 Å². The van der Waals surface area contributed by atoms with Gasteiger partial charge in [-0.25, -0.2) is 4.79 Å². The molecule has 0 aromatic heterocycles. The van der Waals surface area contributed by atoms with E-state index in [0.717, 1.165) is 24.0 Å². The maximum atomic E-state index is 12.1. The average molecular weight is 274 g/mol. The van der Waals surface area contributed by atoms with Crippen molar-refractivity contribution < 1.29 is 9.53 Å². The lowest BCUT2D eigenvalue weighted by Crippen LogP contribution is -2.09. The van der Waals surface area contributed by atoms with Gasteiger partial charge in [0.25, 0.3) is 0 Å². The number of ether oxygens (including phenoxy) is 1. The molecule has 110 valence electrons. The second kappa shape index (κ2) is 8.78. The summed E-state index contributed by atoms with van der Waals surface area (Å²) in [5.41, 5.74) is 1.91. The lowest BCUT2D eigenvalue weighted by Gasteiger charge is -2.09. The molecule has 0 bridgehead atoms. The van der Waals surface area contributed by atoms with Crippen LogP contribution < -0.4 is 0 Å². The Morgan fingerprint density at radius 2 is 1.35 bits per heavy atom. The molecule has 2 nitrogen and oxygen atoms in total. The van der Waals surface area contributed by atoms with Gasteiger partial charge in [0.15, 0.2) is 0 Å². The highest BCUT2D eigenvalue weighted by Crippen LogP contribution is 2.16. The van der Waals surface area contributed by atoms with Gasteiger partial charge in [-0.2, -0.15) is 0 Å². The zero-order chi connectivity index (χ0) is 14.0. The summed E-state index contributed by atoms with van der Waals surface area (Å²) in [7, 11) is 0.